The summed E-state index contributed by atoms with van der Waals surface area (Å²) in [5.74, 6) is -0.0868. The molecule has 3 N–H and O–H groups in total. The Bertz CT molecular complexity index is 1410. The Labute approximate surface area is 231 Å². The maximum atomic E-state index is 13.2. The van der Waals surface area contributed by atoms with E-state index in [0.29, 0.717) is 42.4 Å². The highest BCUT2D eigenvalue weighted by atomic mass is 35.5. The van der Waals surface area contributed by atoms with Gasteiger partial charge in [0.15, 0.2) is 0 Å². The Kier molecular flexibility index (Phi) is 6.64. The minimum Gasteiger partial charge on any atom is -0.492 e. The number of imide groups is 1. The molecule has 0 radical (unpaired) electrons. The molecule has 2 saturated heterocycles. The first-order chi connectivity index (χ1) is 18.9. The number of hydrogen-bond acceptors (Lipinski definition) is 7. The van der Waals surface area contributed by atoms with Crippen LogP contribution in [0.3, 0.4) is 0 Å². The number of halogens is 1. The van der Waals surface area contributed by atoms with E-state index < -0.39 is 11.9 Å². The normalized spacial score (nSPS) is 22.8. The Balaban J connectivity index is 1.13. The van der Waals surface area contributed by atoms with Crippen LogP contribution in [0, 0.1) is 0 Å². The van der Waals surface area contributed by atoms with Crippen molar-refractivity contribution in [2.75, 3.05) is 26.2 Å². The highest BCUT2D eigenvalue weighted by Crippen LogP contribution is 2.49. The number of hydrogen-bond donors (Lipinski definition) is 2. The lowest BCUT2D eigenvalue weighted by molar-refractivity contribution is -0.136. The smallest absolute Gasteiger partial charge is 0.255 e. The number of fused-ring (bicyclic) bond motifs is 4. The maximum absolute atomic E-state index is 13.2. The first kappa shape index (κ1) is 25.6. The second kappa shape index (κ2) is 10.1. The molecule has 39 heavy (non-hydrogen) atoms. The topological polar surface area (TPSA) is 117 Å². The lowest BCUT2D eigenvalue weighted by Gasteiger charge is -2.38. The molecule has 1 unspecified atom stereocenters. The lowest BCUT2D eigenvalue weighted by Crippen LogP contribution is -2.52. The second-order valence-corrected chi connectivity index (χ2v) is 11.1. The van der Waals surface area contributed by atoms with Crippen LogP contribution in [0.4, 0.5) is 5.69 Å². The first-order valence-corrected chi connectivity index (χ1v) is 13.6. The zero-order valence-corrected chi connectivity index (χ0v) is 22.2. The fourth-order valence-electron chi connectivity index (χ4n) is 6.14. The van der Waals surface area contributed by atoms with Crippen molar-refractivity contribution >= 4 is 41.2 Å². The van der Waals surface area contributed by atoms with E-state index in [1.165, 1.54) is 0 Å². The molecule has 1 atom stereocenters. The summed E-state index contributed by atoms with van der Waals surface area (Å²) >= 11 is 6.22. The van der Waals surface area contributed by atoms with Crippen LogP contribution in [0.15, 0.2) is 53.2 Å². The molecule has 6 rings (SSSR count). The number of amides is 3. The van der Waals surface area contributed by atoms with Crippen LogP contribution in [0.2, 0.25) is 5.02 Å². The largest absolute Gasteiger partial charge is 0.492 e. The average molecular weight is 548 g/mol. The third-order valence-corrected chi connectivity index (χ3v) is 8.71. The number of carbonyl (C=O) groups excluding carboxylic acids is 3. The molecule has 1 spiro atoms. The summed E-state index contributed by atoms with van der Waals surface area (Å²) in [6.45, 7) is 3.33. The Morgan fingerprint density at radius 2 is 1.97 bits per heavy atom. The average Bonchev–Trinajstić information content (AvgIpc) is 3.46. The highest BCUT2D eigenvalue weighted by molar-refractivity contribution is 6.33. The summed E-state index contributed by atoms with van der Waals surface area (Å²) in [6.07, 6.45) is 5.78. The van der Waals surface area contributed by atoms with E-state index in [0.717, 1.165) is 48.4 Å². The lowest BCUT2D eigenvalue weighted by atomic mass is 9.74. The number of carbonyl (C=O) groups is 3. The summed E-state index contributed by atoms with van der Waals surface area (Å²) in [4.78, 5) is 45.7. The van der Waals surface area contributed by atoms with Gasteiger partial charge in [0.25, 0.3) is 5.91 Å². The van der Waals surface area contributed by atoms with Gasteiger partial charge in [0.2, 0.25) is 11.8 Å². The van der Waals surface area contributed by atoms with Gasteiger partial charge < -0.3 is 15.4 Å². The summed E-state index contributed by atoms with van der Waals surface area (Å²) in [7, 11) is 0. The Morgan fingerprint density at radius 1 is 1.18 bits per heavy atom. The van der Waals surface area contributed by atoms with Crippen LogP contribution in [0.1, 0.15) is 47.2 Å². The number of nitrogens with zero attached hydrogens (tertiary/aromatic N) is 3. The van der Waals surface area contributed by atoms with Gasteiger partial charge in [-0.1, -0.05) is 29.8 Å². The molecule has 202 valence electrons. The number of likely N-dealkylation sites (tertiary alicyclic amines) is 1. The molecule has 0 bridgehead atoms. The van der Waals surface area contributed by atoms with Gasteiger partial charge in [-0.3, -0.25) is 29.6 Å². The minimum atomic E-state index is -0.636. The van der Waals surface area contributed by atoms with Crippen LogP contribution in [0.25, 0.3) is 0 Å². The second-order valence-electron chi connectivity index (χ2n) is 10.7. The highest BCUT2D eigenvalue weighted by Gasteiger charge is 2.47. The van der Waals surface area contributed by atoms with Gasteiger partial charge in [0.1, 0.15) is 11.8 Å². The number of nitrogens with one attached hydrogen (secondary N) is 1. The molecule has 0 saturated carbocycles. The van der Waals surface area contributed by atoms with Crippen molar-refractivity contribution in [3.05, 3.63) is 69.9 Å². The molecule has 4 heterocycles. The minimum absolute atomic E-state index is 0.107. The molecule has 2 aromatic carbocycles. The number of ether oxygens (including phenoxy) is 1. The molecular formula is C29H30ClN5O4. The van der Waals surface area contributed by atoms with E-state index >= 15 is 0 Å². The molecule has 2 aromatic rings. The molecule has 9 nitrogen and oxygen atoms in total. The van der Waals surface area contributed by atoms with Crippen LogP contribution < -0.4 is 15.8 Å². The molecule has 0 aromatic heterocycles. The van der Waals surface area contributed by atoms with E-state index in [2.05, 4.69) is 15.2 Å². The quantitative estimate of drug-likeness (QED) is 0.439. The van der Waals surface area contributed by atoms with Crippen molar-refractivity contribution in [3.63, 3.8) is 0 Å². The number of aliphatic imine (C=N–C) groups is 1. The van der Waals surface area contributed by atoms with E-state index in [1.807, 2.05) is 36.4 Å². The fraction of sp³-hybridized carbons (Fsp3) is 0.379. The zero-order valence-electron chi connectivity index (χ0n) is 21.5. The summed E-state index contributed by atoms with van der Waals surface area (Å²) in [5, 5.41) is 2.96. The van der Waals surface area contributed by atoms with Crippen LogP contribution in [-0.2, 0) is 21.5 Å². The molecular weight excluding hydrogens is 518 g/mol. The predicted octanol–water partition coefficient (Wildman–Crippen LogP) is 3.07. The summed E-state index contributed by atoms with van der Waals surface area (Å²) in [5.41, 5.74) is 10.0. The van der Waals surface area contributed by atoms with E-state index in [1.54, 1.807) is 17.3 Å². The SMILES string of the molecule is N/C=C(\C=Nc1ccccc1Cl)CN1CCC2(CC1)COc1c2ccc2c1CN(C1CCC(=O)NC1=O)C2=O. The first-order valence-electron chi connectivity index (χ1n) is 13.2. The van der Waals surface area contributed by atoms with Crippen molar-refractivity contribution in [1.82, 2.24) is 15.1 Å². The van der Waals surface area contributed by atoms with Gasteiger partial charge in [0.05, 0.1) is 23.9 Å². The molecule has 0 aliphatic carbocycles. The molecule has 3 amide bonds. The van der Waals surface area contributed by atoms with Crippen molar-refractivity contribution in [3.8, 4) is 5.75 Å². The molecule has 2 fully saturated rings. The number of para-hydroxylation sites is 1. The van der Waals surface area contributed by atoms with Crippen LogP contribution >= 0.6 is 11.6 Å². The number of piperidine rings is 2. The van der Waals surface area contributed by atoms with Crippen molar-refractivity contribution in [2.24, 2.45) is 10.7 Å². The van der Waals surface area contributed by atoms with E-state index in [9.17, 15) is 14.4 Å². The van der Waals surface area contributed by atoms with Gasteiger partial charge in [0, 0.05) is 41.3 Å². The van der Waals surface area contributed by atoms with Gasteiger partial charge in [-0.25, -0.2) is 0 Å². The predicted molar refractivity (Wildman–Crippen MR) is 147 cm³/mol. The molecule has 10 heteroatoms. The number of nitrogens with two attached hydrogens (primary N) is 1. The summed E-state index contributed by atoms with van der Waals surface area (Å²) in [6, 6.07) is 10.7. The van der Waals surface area contributed by atoms with Gasteiger partial charge in [-0.2, -0.15) is 0 Å². The Morgan fingerprint density at radius 3 is 2.72 bits per heavy atom. The third-order valence-electron chi connectivity index (χ3n) is 8.39. The van der Waals surface area contributed by atoms with Gasteiger partial charge in [-0.15, -0.1) is 0 Å². The molecule has 4 aliphatic heterocycles. The number of benzene rings is 2. The van der Waals surface area contributed by atoms with Crippen molar-refractivity contribution in [1.29, 1.82) is 0 Å². The number of rotatable bonds is 5. The third kappa shape index (κ3) is 4.59. The van der Waals surface area contributed by atoms with E-state index in [4.69, 9.17) is 22.1 Å². The summed E-state index contributed by atoms with van der Waals surface area (Å²) < 4.78 is 6.28. The molecule has 4 aliphatic rings. The standard InChI is InChI=1S/C29H30ClN5O4/c30-22-3-1-2-4-23(22)32-14-18(13-31)15-34-11-9-29(10-12-34)17-39-26-20-16-35(24-7-8-25(36)33-27(24)37)28(38)19(20)5-6-21(26)29/h1-6,13-14,24H,7-12,15-17,31H2,(H,33,36,37)/b18-13+,32-14?. The van der Waals surface area contributed by atoms with Crippen LogP contribution in [-0.4, -0.2) is 66.0 Å². The monoisotopic (exact) mass is 547 g/mol. The zero-order chi connectivity index (χ0) is 27.1. The van der Waals surface area contributed by atoms with E-state index in [-0.39, 0.29) is 23.7 Å². The van der Waals surface area contributed by atoms with Crippen LogP contribution in [0.5, 0.6) is 5.75 Å². The fourth-order valence-corrected chi connectivity index (χ4v) is 6.32. The van der Waals surface area contributed by atoms with Crippen molar-refractivity contribution in [2.45, 2.75) is 43.7 Å². The maximum Gasteiger partial charge on any atom is 0.255 e. The van der Waals surface area contributed by atoms with Gasteiger partial charge in [-0.05, 0) is 62.3 Å². The van der Waals surface area contributed by atoms with Gasteiger partial charge >= 0.3 is 0 Å². The van der Waals surface area contributed by atoms with Crippen molar-refractivity contribution < 1.29 is 19.1 Å². The Hall–Kier alpha value is -3.69.